The molecule has 3 atom stereocenters. The third-order valence-electron chi connectivity index (χ3n) is 8.87. The number of hydrogen-bond donors (Lipinski definition) is 0. The van der Waals surface area contributed by atoms with E-state index in [9.17, 15) is 14.4 Å². The third-order valence-corrected chi connectivity index (χ3v) is 9.10. The van der Waals surface area contributed by atoms with Crippen LogP contribution in [0.25, 0.3) is 6.08 Å². The quantitative estimate of drug-likeness (QED) is 0.195. The van der Waals surface area contributed by atoms with E-state index in [0.29, 0.717) is 38.8 Å². The molecule has 0 bridgehead atoms. The summed E-state index contributed by atoms with van der Waals surface area (Å²) in [5.74, 6) is -0.708. The van der Waals surface area contributed by atoms with E-state index in [1.807, 2.05) is 53.5 Å². The summed E-state index contributed by atoms with van der Waals surface area (Å²) in [6.07, 6.45) is 3.77. The van der Waals surface area contributed by atoms with E-state index < -0.39 is 23.4 Å². The fourth-order valence-electron chi connectivity index (χ4n) is 7.14. The number of halogens is 1. The number of anilines is 1. The topological polar surface area (TPSA) is 72.9 Å². The van der Waals surface area contributed by atoms with Gasteiger partial charge in [-0.05, 0) is 29.8 Å². The first-order chi connectivity index (χ1) is 20.4. The number of carbonyl (C=O) groups excluding carboxylic acids is 3. The fourth-order valence-corrected chi connectivity index (χ4v) is 7.32. The molecule has 0 radical (unpaired) electrons. The maximum absolute atomic E-state index is 14.8. The van der Waals surface area contributed by atoms with E-state index in [0.717, 1.165) is 11.3 Å². The van der Waals surface area contributed by atoms with Crippen molar-refractivity contribution >= 4 is 40.7 Å². The van der Waals surface area contributed by atoms with E-state index in [1.54, 1.807) is 61.7 Å². The van der Waals surface area contributed by atoms with Crippen molar-refractivity contribution in [1.82, 2.24) is 0 Å². The molecule has 208 valence electrons. The summed E-state index contributed by atoms with van der Waals surface area (Å²) in [6.45, 7) is 0. The maximum Gasteiger partial charge on any atom is 0.185 e. The number of nitrogens with zero attached hydrogens (tertiary/aromatic N) is 1. The van der Waals surface area contributed by atoms with Gasteiger partial charge in [0.25, 0.3) is 0 Å². The second-order valence-electron chi connectivity index (χ2n) is 10.7. The van der Waals surface area contributed by atoms with Crippen molar-refractivity contribution in [2.45, 2.75) is 18.0 Å². The molecule has 1 aliphatic carbocycles. The van der Waals surface area contributed by atoms with Gasteiger partial charge < -0.3 is 14.4 Å². The number of hydrogen-bond acceptors (Lipinski definition) is 6. The molecule has 0 N–H and O–H groups in total. The Labute approximate surface area is 248 Å². The lowest BCUT2D eigenvalue weighted by molar-refractivity contribution is 0.0665. The van der Waals surface area contributed by atoms with Crippen LogP contribution in [0.3, 0.4) is 0 Å². The van der Waals surface area contributed by atoms with Crippen LogP contribution in [0, 0.1) is 5.41 Å². The molecule has 6 nitrogen and oxygen atoms in total. The maximum atomic E-state index is 14.8. The van der Waals surface area contributed by atoms with Crippen molar-refractivity contribution in [2.24, 2.45) is 5.41 Å². The number of fused-ring (bicyclic) bond motifs is 5. The zero-order valence-corrected chi connectivity index (χ0v) is 23.7. The van der Waals surface area contributed by atoms with Crippen molar-refractivity contribution in [3.63, 3.8) is 0 Å². The molecular formula is C35H26ClNO5. The molecule has 4 aromatic rings. The summed E-state index contributed by atoms with van der Waals surface area (Å²) in [6, 6.07) is 25.0. The second-order valence-corrected chi connectivity index (χ2v) is 11.2. The second kappa shape index (κ2) is 9.71. The van der Waals surface area contributed by atoms with Crippen molar-refractivity contribution in [1.29, 1.82) is 0 Å². The third kappa shape index (κ3) is 3.48. The molecule has 0 amide bonds. The Morgan fingerprint density at radius 3 is 2.19 bits per heavy atom. The molecule has 2 aliphatic heterocycles. The smallest absolute Gasteiger partial charge is 0.185 e. The van der Waals surface area contributed by atoms with E-state index in [4.69, 9.17) is 21.1 Å². The van der Waals surface area contributed by atoms with Crippen LogP contribution in [0.2, 0.25) is 5.02 Å². The van der Waals surface area contributed by atoms with Crippen LogP contribution >= 0.6 is 11.6 Å². The minimum atomic E-state index is -1.63. The van der Waals surface area contributed by atoms with Gasteiger partial charge >= 0.3 is 0 Å². The van der Waals surface area contributed by atoms with Crippen LogP contribution in [0.15, 0.2) is 97.1 Å². The van der Waals surface area contributed by atoms with Crippen molar-refractivity contribution in [2.75, 3.05) is 19.1 Å². The van der Waals surface area contributed by atoms with Gasteiger partial charge in [0.05, 0.1) is 20.3 Å². The zero-order chi connectivity index (χ0) is 29.2. The highest BCUT2D eigenvalue weighted by Crippen LogP contribution is 2.62. The fraction of sp³-hybridized carbons (Fsp3) is 0.171. The first kappa shape index (κ1) is 26.2. The van der Waals surface area contributed by atoms with Gasteiger partial charge in [-0.2, -0.15) is 0 Å². The van der Waals surface area contributed by atoms with E-state index in [2.05, 4.69) is 0 Å². The van der Waals surface area contributed by atoms with Gasteiger partial charge in [-0.15, -0.1) is 0 Å². The summed E-state index contributed by atoms with van der Waals surface area (Å²) in [7, 11) is 3.09. The predicted octanol–water partition coefficient (Wildman–Crippen LogP) is 6.67. The van der Waals surface area contributed by atoms with E-state index in [-0.39, 0.29) is 17.3 Å². The first-order valence-electron chi connectivity index (χ1n) is 13.7. The average molecular weight is 576 g/mol. The normalized spacial score (nSPS) is 21.2. The number of ether oxygens (including phenoxy) is 2. The Hall–Kier alpha value is -4.68. The molecule has 1 fully saturated rings. The number of rotatable bonds is 5. The molecule has 3 aliphatic rings. The van der Waals surface area contributed by atoms with Crippen molar-refractivity contribution < 1.29 is 23.9 Å². The Kier molecular flexibility index (Phi) is 6.06. The lowest BCUT2D eigenvalue weighted by Gasteiger charge is -2.37. The van der Waals surface area contributed by atoms with Gasteiger partial charge in [0.15, 0.2) is 17.3 Å². The molecule has 1 saturated heterocycles. The summed E-state index contributed by atoms with van der Waals surface area (Å²) in [5.41, 5.74) is 1.70. The average Bonchev–Trinajstić information content (AvgIpc) is 3.46. The molecule has 4 aromatic carbocycles. The van der Waals surface area contributed by atoms with Gasteiger partial charge in [-0.3, -0.25) is 14.4 Å². The Morgan fingerprint density at radius 1 is 0.833 bits per heavy atom. The standard InChI is InChI=1S/C35H26ClNO5/c1-41-23-14-15-26(28(19-23)42-2)30-31(32(38)20-8-4-3-5-9-20)37-27-16-13-22(36)18-21(27)12-17-29(37)35(30)33(39)24-10-6-7-11-25(24)34(35)40/h3-19,29-31H,1-2H3/t29-,30+,31+/m1/s1. The Morgan fingerprint density at radius 2 is 1.52 bits per heavy atom. The van der Waals surface area contributed by atoms with Crippen LogP contribution in [0.1, 0.15) is 48.1 Å². The van der Waals surface area contributed by atoms with Gasteiger partial charge in [0, 0.05) is 44.9 Å². The van der Waals surface area contributed by atoms with Crippen LogP contribution in [-0.4, -0.2) is 43.7 Å². The molecule has 0 saturated carbocycles. The minimum Gasteiger partial charge on any atom is -0.497 e. The minimum absolute atomic E-state index is 0.201. The predicted molar refractivity (Wildman–Crippen MR) is 161 cm³/mol. The van der Waals surface area contributed by atoms with Crippen LogP contribution in [-0.2, 0) is 0 Å². The molecule has 7 heteroatoms. The van der Waals surface area contributed by atoms with Gasteiger partial charge in [0.1, 0.15) is 23.0 Å². The van der Waals surface area contributed by atoms with Crippen LogP contribution < -0.4 is 14.4 Å². The van der Waals surface area contributed by atoms with E-state index in [1.165, 1.54) is 7.11 Å². The number of carbonyl (C=O) groups is 3. The van der Waals surface area contributed by atoms with Gasteiger partial charge in [-0.25, -0.2) is 0 Å². The summed E-state index contributed by atoms with van der Waals surface area (Å²) < 4.78 is 11.3. The summed E-state index contributed by atoms with van der Waals surface area (Å²) in [4.78, 5) is 46.3. The Bertz CT molecular complexity index is 1780. The lowest BCUT2D eigenvalue weighted by atomic mass is 9.64. The van der Waals surface area contributed by atoms with Gasteiger partial charge in [0.2, 0.25) is 0 Å². The lowest BCUT2D eigenvalue weighted by Crippen LogP contribution is -2.48. The monoisotopic (exact) mass is 575 g/mol. The van der Waals surface area contributed by atoms with E-state index >= 15 is 0 Å². The molecule has 1 spiro atoms. The largest absolute Gasteiger partial charge is 0.497 e. The van der Waals surface area contributed by atoms with Crippen molar-refractivity contribution in [3.05, 3.63) is 130 Å². The SMILES string of the molecule is COc1ccc([C@H]2[C@@H](C(=O)c3ccccc3)N3c4ccc(Cl)cc4C=C[C@@H]3C23C(=O)c2ccccc2C3=O)c(OC)c1. The summed E-state index contributed by atoms with van der Waals surface area (Å²) >= 11 is 6.38. The molecule has 2 heterocycles. The number of ketones is 3. The van der Waals surface area contributed by atoms with Crippen LogP contribution in [0.4, 0.5) is 5.69 Å². The van der Waals surface area contributed by atoms with Crippen LogP contribution in [0.5, 0.6) is 11.5 Å². The van der Waals surface area contributed by atoms with Crippen molar-refractivity contribution in [3.8, 4) is 11.5 Å². The number of methoxy groups -OCH3 is 2. The molecule has 7 rings (SSSR count). The number of benzene rings is 4. The van der Waals surface area contributed by atoms with Gasteiger partial charge in [-0.1, -0.05) is 84.4 Å². The first-order valence-corrected chi connectivity index (χ1v) is 14.1. The number of Topliss-reactive ketones (excluding diaryl/α,β-unsaturated/α-hetero) is 3. The molecule has 0 unspecified atom stereocenters. The summed E-state index contributed by atoms with van der Waals surface area (Å²) in [5, 5.41) is 0.547. The highest BCUT2D eigenvalue weighted by Gasteiger charge is 2.72. The molecule has 42 heavy (non-hydrogen) atoms. The molecular weight excluding hydrogens is 550 g/mol. The molecule has 0 aromatic heterocycles. The Balaban J connectivity index is 1.57. The zero-order valence-electron chi connectivity index (χ0n) is 22.9. The highest BCUT2D eigenvalue weighted by atomic mass is 35.5. The highest BCUT2D eigenvalue weighted by molar-refractivity contribution is 6.33.